The van der Waals surface area contributed by atoms with Crippen LogP contribution in [0.15, 0.2) is 25.3 Å². The number of allylic oxidation sites excluding steroid dienone is 1. The van der Waals surface area contributed by atoms with Crippen LogP contribution in [-0.4, -0.2) is 50.5 Å². The first-order valence-corrected chi connectivity index (χ1v) is 5.25. The van der Waals surface area contributed by atoms with Gasteiger partial charge in [-0.1, -0.05) is 12.2 Å². The minimum absolute atomic E-state index is 0. The summed E-state index contributed by atoms with van der Waals surface area (Å²) in [6.45, 7) is 7.07. The Morgan fingerprint density at radius 1 is 1.38 bits per heavy atom. The topological polar surface area (TPSA) is 61.5 Å². The summed E-state index contributed by atoms with van der Waals surface area (Å²) in [7, 11) is -3.10. The molecule has 0 aromatic carbocycles. The van der Waals surface area contributed by atoms with Crippen LogP contribution in [0.3, 0.4) is 0 Å². The Morgan fingerprint density at radius 3 is 2.38 bits per heavy atom. The third-order valence-corrected chi connectivity index (χ3v) is 2.83. The van der Waals surface area contributed by atoms with Crippen LogP contribution in [0.25, 0.3) is 0 Å². The van der Waals surface area contributed by atoms with E-state index in [-0.39, 0.29) is 50.5 Å². The summed E-state index contributed by atoms with van der Waals surface area (Å²) in [5.74, 6) is 4.83. The maximum absolute atomic E-state index is 11.4. The zero-order valence-corrected chi connectivity index (χ0v) is 7.83. The van der Waals surface area contributed by atoms with Gasteiger partial charge in [-0.05, 0) is 6.42 Å². The average Bonchev–Trinajstić information content (AvgIpc) is 2.11. The van der Waals surface area contributed by atoms with Crippen LogP contribution in [0.1, 0.15) is 6.42 Å². The molecule has 0 fully saturated rings. The van der Waals surface area contributed by atoms with Gasteiger partial charge in [0.1, 0.15) is 0 Å². The molecular formula is C7H16CaNO3P. The van der Waals surface area contributed by atoms with Crippen molar-refractivity contribution in [1.29, 1.82) is 0 Å². The van der Waals surface area contributed by atoms with Gasteiger partial charge >= 0.3 is 45.3 Å². The van der Waals surface area contributed by atoms with Gasteiger partial charge in [-0.15, -0.1) is 13.2 Å². The summed E-state index contributed by atoms with van der Waals surface area (Å²) in [5, 5.41) is 0. The van der Waals surface area contributed by atoms with Gasteiger partial charge in [-0.25, -0.2) is 10.5 Å². The second-order valence-electron chi connectivity index (χ2n) is 2.10. The molecule has 0 spiro atoms. The van der Waals surface area contributed by atoms with Crippen LogP contribution in [0.5, 0.6) is 0 Å². The van der Waals surface area contributed by atoms with Crippen molar-refractivity contribution in [2.75, 3.05) is 12.8 Å². The van der Waals surface area contributed by atoms with E-state index in [0.29, 0.717) is 6.42 Å². The molecular weight excluding hydrogens is 217 g/mol. The predicted octanol–water partition coefficient (Wildman–Crippen LogP) is 0.932. The fraction of sp³-hybridized carbons (Fsp3) is 0.429. The number of rotatable bonds is 7. The summed E-state index contributed by atoms with van der Waals surface area (Å²) in [6, 6.07) is 0. The van der Waals surface area contributed by atoms with E-state index >= 15 is 0 Å². The standard InChI is InChI=1S/C7H14NO3P.Ca.2H/c1-3-5-7-12(9,11-8)10-6-4-2;;;/h3-4H,1-2,5-8H2;;;. The van der Waals surface area contributed by atoms with Crippen molar-refractivity contribution in [2.24, 2.45) is 5.90 Å². The second-order valence-corrected chi connectivity index (χ2v) is 4.24. The molecule has 0 aromatic heterocycles. The van der Waals surface area contributed by atoms with E-state index in [1.54, 1.807) is 6.08 Å². The van der Waals surface area contributed by atoms with Crippen molar-refractivity contribution in [3.8, 4) is 0 Å². The van der Waals surface area contributed by atoms with E-state index in [1.807, 2.05) is 0 Å². The van der Waals surface area contributed by atoms with Crippen molar-refractivity contribution in [1.82, 2.24) is 0 Å². The fourth-order valence-corrected chi connectivity index (χ4v) is 1.69. The van der Waals surface area contributed by atoms with Crippen molar-refractivity contribution < 1.29 is 13.7 Å². The Balaban J connectivity index is 0. The molecule has 0 heterocycles. The predicted molar refractivity (Wildman–Crippen MR) is 57.3 cm³/mol. The molecule has 0 bridgehead atoms. The first kappa shape index (κ1) is 16.3. The molecule has 74 valence electrons. The van der Waals surface area contributed by atoms with Gasteiger partial charge in [-0.2, -0.15) is 0 Å². The molecule has 13 heavy (non-hydrogen) atoms. The Hall–Kier alpha value is 0.850. The minimum atomic E-state index is -3.10. The SMILES string of the molecule is C=CCCP(=O)(ON)OCC=C.[CaH2]. The molecule has 6 heteroatoms. The van der Waals surface area contributed by atoms with E-state index in [1.165, 1.54) is 6.08 Å². The number of nitrogens with two attached hydrogens (primary N) is 1. The van der Waals surface area contributed by atoms with Gasteiger partial charge in [0.05, 0.1) is 12.8 Å². The van der Waals surface area contributed by atoms with Crippen molar-refractivity contribution in [3.05, 3.63) is 25.3 Å². The van der Waals surface area contributed by atoms with E-state index in [4.69, 9.17) is 10.4 Å². The molecule has 0 aliphatic carbocycles. The average molecular weight is 233 g/mol. The first-order chi connectivity index (χ1) is 5.68. The second kappa shape index (κ2) is 9.41. The van der Waals surface area contributed by atoms with Gasteiger partial charge < -0.3 is 4.52 Å². The van der Waals surface area contributed by atoms with Crippen molar-refractivity contribution >= 4 is 45.3 Å². The molecule has 0 aliphatic heterocycles. The summed E-state index contributed by atoms with van der Waals surface area (Å²) in [5.41, 5.74) is 0. The third kappa shape index (κ3) is 7.89. The molecule has 0 saturated heterocycles. The molecule has 0 saturated carbocycles. The van der Waals surface area contributed by atoms with Gasteiger partial charge in [0.25, 0.3) is 0 Å². The zero-order valence-electron chi connectivity index (χ0n) is 6.94. The van der Waals surface area contributed by atoms with E-state index in [9.17, 15) is 4.57 Å². The van der Waals surface area contributed by atoms with Crippen LogP contribution in [0.4, 0.5) is 0 Å². The zero-order chi connectivity index (χ0) is 9.45. The van der Waals surface area contributed by atoms with Gasteiger partial charge in [0.2, 0.25) is 0 Å². The number of hydrogen-bond donors (Lipinski definition) is 1. The fourth-order valence-electron chi connectivity index (χ4n) is 0.563. The van der Waals surface area contributed by atoms with Crippen LogP contribution in [0, 0.1) is 0 Å². The van der Waals surface area contributed by atoms with E-state index < -0.39 is 7.60 Å². The molecule has 1 unspecified atom stereocenters. The van der Waals surface area contributed by atoms with E-state index in [0.717, 1.165) is 0 Å². The molecule has 1 atom stereocenters. The van der Waals surface area contributed by atoms with E-state index in [2.05, 4.69) is 17.8 Å². The summed E-state index contributed by atoms with van der Waals surface area (Å²) < 4.78 is 20.6. The van der Waals surface area contributed by atoms with Crippen LogP contribution < -0.4 is 5.90 Å². The molecule has 0 radical (unpaired) electrons. The Labute approximate surface area is 109 Å². The van der Waals surface area contributed by atoms with Gasteiger partial charge in [0.15, 0.2) is 0 Å². The summed E-state index contributed by atoms with van der Waals surface area (Å²) in [4.78, 5) is 0. The normalized spacial score (nSPS) is 13.9. The Kier molecular flexibility index (Phi) is 11.8. The maximum atomic E-state index is 11.4. The van der Waals surface area contributed by atoms with Gasteiger partial charge in [0, 0.05) is 0 Å². The monoisotopic (exact) mass is 233 g/mol. The summed E-state index contributed by atoms with van der Waals surface area (Å²) >= 11 is 0. The van der Waals surface area contributed by atoms with Crippen LogP contribution in [0.2, 0.25) is 0 Å². The molecule has 4 nitrogen and oxygen atoms in total. The molecule has 2 N–H and O–H groups in total. The van der Waals surface area contributed by atoms with Crippen molar-refractivity contribution in [3.63, 3.8) is 0 Å². The molecule has 0 rings (SSSR count). The number of hydrogen-bond acceptors (Lipinski definition) is 4. The van der Waals surface area contributed by atoms with Crippen LogP contribution >= 0.6 is 7.60 Å². The molecule has 0 amide bonds. The van der Waals surface area contributed by atoms with Crippen molar-refractivity contribution in [2.45, 2.75) is 6.42 Å². The van der Waals surface area contributed by atoms with Gasteiger partial charge in [-0.3, -0.25) is 4.57 Å². The summed E-state index contributed by atoms with van der Waals surface area (Å²) in [6.07, 6.45) is 3.91. The van der Waals surface area contributed by atoms with Crippen LogP contribution in [-0.2, 0) is 13.7 Å². The molecule has 0 aliphatic rings. The quantitative estimate of drug-likeness (QED) is 0.307. The first-order valence-electron chi connectivity index (χ1n) is 3.52. The third-order valence-electron chi connectivity index (χ3n) is 1.16. The molecule has 0 aromatic rings. The Bertz CT molecular complexity index is 182. The Morgan fingerprint density at radius 2 is 2.00 bits per heavy atom.